The number of carbonyl (C=O) groups is 1. The lowest BCUT2D eigenvalue weighted by Gasteiger charge is -2.28. The number of halogens is 2. The van der Waals surface area contributed by atoms with Crippen LogP contribution in [0, 0.1) is 10.1 Å². The first kappa shape index (κ1) is 16.0. The van der Waals surface area contributed by atoms with E-state index in [0.29, 0.717) is 12.4 Å². The fourth-order valence-corrected chi connectivity index (χ4v) is 3.08. The molecule has 1 amide bonds. The number of carbonyl (C=O) groups excluding carboxylic acids is 1. The van der Waals surface area contributed by atoms with Gasteiger partial charge in [0.2, 0.25) is 0 Å². The molecule has 21 heavy (non-hydrogen) atoms. The van der Waals surface area contributed by atoms with E-state index in [2.05, 4.69) is 0 Å². The van der Waals surface area contributed by atoms with Gasteiger partial charge in [-0.25, -0.2) is 0 Å². The first-order valence-corrected chi connectivity index (χ1v) is 7.76. The molecular formula is C14H16Cl2N2O3. The Kier molecular flexibility index (Phi) is 5.42. The average Bonchev–Trinajstić information content (AvgIpc) is 2.71. The van der Waals surface area contributed by atoms with Crippen molar-refractivity contribution < 1.29 is 9.72 Å². The molecule has 0 aliphatic carbocycles. The molecule has 2 rings (SSSR count). The number of amides is 1. The van der Waals surface area contributed by atoms with Crippen molar-refractivity contribution in [2.75, 3.05) is 12.4 Å². The van der Waals surface area contributed by atoms with E-state index in [4.69, 9.17) is 23.2 Å². The minimum atomic E-state index is -0.577. The van der Waals surface area contributed by atoms with Gasteiger partial charge in [-0.2, -0.15) is 0 Å². The van der Waals surface area contributed by atoms with Crippen molar-refractivity contribution in [2.45, 2.75) is 31.7 Å². The molecular weight excluding hydrogens is 315 g/mol. The highest BCUT2D eigenvalue weighted by Crippen LogP contribution is 2.27. The Morgan fingerprint density at radius 3 is 2.81 bits per heavy atom. The number of rotatable bonds is 3. The third kappa shape index (κ3) is 3.66. The minimum Gasteiger partial charge on any atom is -0.334 e. The number of benzene rings is 1. The molecule has 1 heterocycles. The van der Waals surface area contributed by atoms with Crippen LogP contribution in [0.1, 0.15) is 36.0 Å². The van der Waals surface area contributed by atoms with Gasteiger partial charge in [0.1, 0.15) is 5.56 Å². The summed E-state index contributed by atoms with van der Waals surface area (Å²) in [6.45, 7) is 0.579. The third-order valence-electron chi connectivity index (χ3n) is 3.70. The molecule has 1 unspecified atom stereocenters. The molecule has 0 radical (unpaired) electrons. The Morgan fingerprint density at radius 2 is 2.14 bits per heavy atom. The van der Waals surface area contributed by atoms with Crippen molar-refractivity contribution in [3.63, 3.8) is 0 Å². The third-order valence-corrected chi connectivity index (χ3v) is 4.29. The van der Waals surface area contributed by atoms with E-state index >= 15 is 0 Å². The summed E-state index contributed by atoms with van der Waals surface area (Å²) in [7, 11) is 0. The van der Waals surface area contributed by atoms with Gasteiger partial charge in [-0.05, 0) is 25.0 Å². The maximum atomic E-state index is 12.7. The van der Waals surface area contributed by atoms with Crippen molar-refractivity contribution >= 4 is 34.8 Å². The van der Waals surface area contributed by atoms with Crippen LogP contribution in [0.3, 0.4) is 0 Å². The van der Waals surface area contributed by atoms with Gasteiger partial charge in [-0.1, -0.05) is 24.4 Å². The van der Waals surface area contributed by atoms with Crippen LogP contribution in [-0.2, 0) is 0 Å². The zero-order valence-corrected chi connectivity index (χ0v) is 12.9. The standard InChI is InChI=1S/C14H16Cl2N2O3/c15-9-11-4-2-1-3-7-17(11)14(19)12-6-5-10(16)8-13(12)18(20)21/h5-6,8,11H,1-4,7,9H2. The molecule has 1 aliphatic rings. The van der Waals surface area contributed by atoms with Crippen LogP contribution >= 0.6 is 23.2 Å². The van der Waals surface area contributed by atoms with E-state index in [1.54, 1.807) is 4.90 Å². The van der Waals surface area contributed by atoms with Crippen LogP contribution in [0.5, 0.6) is 0 Å². The van der Waals surface area contributed by atoms with Crippen LogP contribution in [0.25, 0.3) is 0 Å². The lowest BCUT2D eigenvalue weighted by molar-refractivity contribution is -0.385. The molecule has 1 fully saturated rings. The molecule has 1 atom stereocenters. The SMILES string of the molecule is O=C(c1ccc(Cl)cc1[N+](=O)[O-])N1CCCCCC1CCl. The smallest absolute Gasteiger partial charge is 0.283 e. The summed E-state index contributed by atoms with van der Waals surface area (Å²) in [5, 5.41) is 11.4. The first-order valence-electron chi connectivity index (χ1n) is 6.85. The zero-order chi connectivity index (χ0) is 15.4. The van der Waals surface area contributed by atoms with Gasteiger partial charge in [0.05, 0.1) is 4.92 Å². The normalized spacial score (nSPS) is 19.1. The van der Waals surface area contributed by atoms with Gasteiger partial charge in [0.25, 0.3) is 11.6 Å². The van der Waals surface area contributed by atoms with E-state index < -0.39 is 4.92 Å². The number of nitro benzene ring substituents is 1. The van der Waals surface area contributed by atoms with Gasteiger partial charge in [-0.15, -0.1) is 11.6 Å². The van der Waals surface area contributed by atoms with Gasteiger partial charge in [-0.3, -0.25) is 14.9 Å². The Balaban J connectivity index is 2.36. The summed E-state index contributed by atoms with van der Waals surface area (Å²) in [5.41, 5.74) is -0.188. The van der Waals surface area contributed by atoms with Gasteiger partial charge < -0.3 is 4.90 Å². The number of nitrogens with zero attached hydrogens (tertiary/aromatic N) is 2. The predicted molar refractivity (Wildman–Crippen MR) is 82.1 cm³/mol. The molecule has 0 saturated carbocycles. The summed E-state index contributed by atoms with van der Waals surface area (Å²) in [6.07, 6.45) is 3.78. The maximum Gasteiger partial charge on any atom is 0.283 e. The molecule has 7 heteroatoms. The van der Waals surface area contributed by atoms with Gasteiger partial charge in [0.15, 0.2) is 0 Å². The second-order valence-corrected chi connectivity index (χ2v) is 5.82. The quantitative estimate of drug-likeness (QED) is 0.480. The predicted octanol–water partition coefficient (Wildman–Crippen LogP) is 3.87. The van der Waals surface area contributed by atoms with E-state index in [-0.39, 0.29) is 28.2 Å². The molecule has 1 saturated heterocycles. The minimum absolute atomic E-state index is 0.0708. The summed E-state index contributed by atoms with van der Waals surface area (Å²) in [4.78, 5) is 24.9. The Hall–Kier alpha value is -1.33. The van der Waals surface area contributed by atoms with Crippen LogP contribution in [0.2, 0.25) is 5.02 Å². The second kappa shape index (κ2) is 7.09. The largest absolute Gasteiger partial charge is 0.334 e. The summed E-state index contributed by atoms with van der Waals surface area (Å²) in [6, 6.07) is 4.05. The lowest BCUT2D eigenvalue weighted by atomic mass is 10.1. The van der Waals surface area contributed by atoms with Crippen molar-refractivity contribution in [1.29, 1.82) is 0 Å². The number of likely N-dealkylation sites (tertiary alicyclic amines) is 1. The van der Waals surface area contributed by atoms with E-state index in [9.17, 15) is 14.9 Å². The van der Waals surface area contributed by atoms with Crippen LogP contribution < -0.4 is 0 Å². The highest BCUT2D eigenvalue weighted by molar-refractivity contribution is 6.31. The van der Waals surface area contributed by atoms with Crippen molar-refractivity contribution in [1.82, 2.24) is 4.90 Å². The summed E-state index contributed by atoms with van der Waals surface area (Å²) >= 11 is 11.7. The summed E-state index contributed by atoms with van der Waals surface area (Å²) < 4.78 is 0. The number of nitro groups is 1. The van der Waals surface area contributed by atoms with E-state index in [1.165, 1.54) is 18.2 Å². The number of hydrogen-bond acceptors (Lipinski definition) is 3. The summed E-state index contributed by atoms with van der Waals surface area (Å²) in [5.74, 6) is -0.00134. The zero-order valence-electron chi connectivity index (χ0n) is 11.4. The topological polar surface area (TPSA) is 63.4 Å². The van der Waals surface area contributed by atoms with Crippen LogP contribution in [0.4, 0.5) is 5.69 Å². The van der Waals surface area contributed by atoms with Crippen molar-refractivity contribution in [3.8, 4) is 0 Å². The van der Waals surface area contributed by atoms with E-state index in [1.807, 2.05) is 0 Å². The molecule has 0 bridgehead atoms. The second-order valence-electron chi connectivity index (χ2n) is 5.07. The highest BCUT2D eigenvalue weighted by Gasteiger charge is 2.30. The molecule has 1 aliphatic heterocycles. The lowest BCUT2D eigenvalue weighted by Crippen LogP contribution is -2.41. The fraction of sp³-hybridized carbons (Fsp3) is 0.500. The van der Waals surface area contributed by atoms with Gasteiger partial charge >= 0.3 is 0 Å². The van der Waals surface area contributed by atoms with Crippen LogP contribution in [-0.4, -0.2) is 34.2 Å². The Bertz CT molecular complexity index is 551. The number of hydrogen-bond donors (Lipinski definition) is 0. The molecule has 1 aromatic carbocycles. The molecule has 0 spiro atoms. The molecule has 1 aromatic rings. The Labute approximate surface area is 133 Å². The average molecular weight is 331 g/mol. The van der Waals surface area contributed by atoms with Crippen LogP contribution in [0.15, 0.2) is 18.2 Å². The maximum absolute atomic E-state index is 12.7. The number of alkyl halides is 1. The van der Waals surface area contributed by atoms with E-state index in [0.717, 1.165) is 25.7 Å². The first-order chi connectivity index (χ1) is 10.0. The molecule has 0 aromatic heterocycles. The van der Waals surface area contributed by atoms with Crippen molar-refractivity contribution in [2.24, 2.45) is 0 Å². The Morgan fingerprint density at radius 1 is 1.38 bits per heavy atom. The molecule has 0 N–H and O–H groups in total. The fourth-order valence-electron chi connectivity index (χ4n) is 2.60. The molecule has 5 nitrogen and oxygen atoms in total. The molecule has 114 valence electrons. The monoisotopic (exact) mass is 330 g/mol. The highest BCUT2D eigenvalue weighted by atomic mass is 35.5. The van der Waals surface area contributed by atoms with Crippen molar-refractivity contribution in [3.05, 3.63) is 38.9 Å². The van der Waals surface area contributed by atoms with Gasteiger partial charge in [0, 0.05) is 29.6 Å².